The molecule has 3 atom stereocenters. The number of rotatable bonds is 17. The maximum absolute atomic E-state index is 12.9. The number of halogens is 2. The van der Waals surface area contributed by atoms with E-state index in [-0.39, 0.29) is 23.8 Å². The Morgan fingerprint density at radius 2 is 1.09 bits per heavy atom. The largest absolute Gasteiger partial charge is 0.488 e. The third-order valence-electron chi connectivity index (χ3n) is 11.4. The lowest BCUT2D eigenvalue weighted by Crippen LogP contribution is -2.61. The predicted molar refractivity (Wildman–Crippen MR) is 224 cm³/mol. The Labute approximate surface area is 339 Å². The van der Waals surface area contributed by atoms with E-state index in [0.29, 0.717) is 48.7 Å². The van der Waals surface area contributed by atoms with Crippen molar-refractivity contribution in [1.82, 2.24) is 9.80 Å². The molecule has 0 aromatic heterocycles. The highest BCUT2D eigenvalue weighted by Gasteiger charge is 2.40. The average Bonchev–Trinajstić information content (AvgIpc) is 3.14. The zero-order valence-corrected chi connectivity index (χ0v) is 36.1. The Kier molecular flexibility index (Phi) is 20.4. The minimum absolute atomic E-state index is 0.214. The van der Waals surface area contributed by atoms with Crippen LogP contribution in [-0.2, 0) is 14.2 Å². The first kappa shape index (κ1) is 46.4. The van der Waals surface area contributed by atoms with Gasteiger partial charge in [0.2, 0.25) is 0 Å². The summed E-state index contributed by atoms with van der Waals surface area (Å²) < 4.78 is 55.5. The molecule has 0 spiro atoms. The molecule has 6 rings (SSSR count). The van der Waals surface area contributed by atoms with E-state index < -0.39 is 0 Å². The number of hydrogen-bond donors (Lipinski definition) is 0. The molecule has 2 aliphatic carbocycles. The standard InChI is InChI=1S/C19H28FNO2.C18H26FNO2.C10H22O/c1-3-14(2)22-19-7-5-4-6-18(19)21-12-17(13-21)23-16-10-8-15(20)9-11-16;1-13(2)21-16-9-5-15(6-10-16)20-11-18(12-20)22-17-7-3-14(19)4-8-17;1-5-7-10(8-6-2)11-9(3)4/h8-11,14,17-19H,3-7,12-13H2,1-2H3;3-4,7-8,13,15-16,18H,5-6,9-12H2,1-2H3;9-10H,5-8H2,1-4H3. The van der Waals surface area contributed by atoms with Crippen LogP contribution in [0.1, 0.15) is 139 Å². The van der Waals surface area contributed by atoms with E-state index in [1.807, 2.05) is 0 Å². The lowest BCUT2D eigenvalue weighted by Gasteiger charge is -2.48. The zero-order chi connectivity index (χ0) is 40.5. The van der Waals surface area contributed by atoms with Gasteiger partial charge in [0.15, 0.2) is 0 Å². The van der Waals surface area contributed by atoms with Crippen molar-refractivity contribution in [1.29, 1.82) is 0 Å². The highest BCUT2D eigenvalue weighted by atomic mass is 19.1. The molecular formula is C47H76F2N2O5. The van der Waals surface area contributed by atoms with Crippen molar-refractivity contribution in [3.05, 3.63) is 60.2 Å². The number of nitrogens with zero attached hydrogens (tertiary/aromatic N) is 2. The van der Waals surface area contributed by atoms with Crippen LogP contribution in [0, 0.1) is 11.6 Å². The smallest absolute Gasteiger partial charge is 0.124 e. The minimum Gasteiger partial charge on any atom is -0.488 e. The Morgan fingerprint density at radius 3 is 1.55 bits per heavy atom. The molecule has 2 saturated heterocycles. The quantitative estimate of drug-likeness (QED) is 0.158. The van der Waals surface area contributed by atoms with Gasteiger partial charge in [0.1, 0.15) is 35.3 Å². The fourth-order valence-corrected chi connectivity index (χ4v) is 8.36. The molecule has 0 amide bonds. The molecule has 318 valence electrons. The third kappa shape index (κ3) is 16.2. The van der Waals surface area contributed by atoms with Crippen LogP contribution < -0.4 is 9.47 Å². The van der Waals surface area contributed by atoms with Crippen LogP contribution in [0.5, 0.6) is 11.5 Å². The van der Waals surface area contributed by atoms with Crippen LogP contribution in [0.25, 0.3) is 0 Å². The topological polar surface area (TPSA) is 52.6 Å². The molecule has 56 heavy (non-hydrogen) atoms. The summed E-state index contributed by atoms with van der Waals surface area (Å²) in [6.07, 6.45) is 18.6. The molecule has 2 aromatic carbocycles. The molecule has 3 unspecified atom stereocenters. The van der Waals surface area contributed by atoms with Gasteiger partial charge in [-0.1, -0.05) is 46.5 Å². The first-order valence-electron chi connectivity index (χ1n) is 22.2. The van der Waals surface area contributed by atoms with Gasteiger partial charge in [-0.25, -0.2) is 8.78 Å². The summed E-state index contributed by atoms with van der Waals surface area (Å²) in [7, 11) is 0. The minimum atomic E-state index is -0.222. The van der Waals surface area contributed by atoms with Gasteiger partial charge in [0.05, 0.1) is 36.6 Å². The van der Waals surface area contributed by atoms with Crippen molar-refractivity contribution in [3.8, 4) is 11.5 Å². The Bertz CT molecular complexity index is 1300. The molecule has 4 fully saturated rings. The summed E-state index contributed by atoms with van der Waals surface area (Å²) >= 11 is 0. The van der Waals surface area contributed by atoms with Gasteiger partial charge >= 0.3 is 0 Å². The van der Waals surface area contributed by atoms with Gasteiger partial charge in [-0.2, -0.15) is 0 Å². The average molecular weight is 787 g/mol. The first-order valence-corrected chi connectivity index (χ1v) is 22.2. The normalized spacial score (nSPS) is 24.1. The predicted octanol–water partition coefficient (Wildman–Crippen LogP) is 11.0. The summed E-state index contributed by atoms with van der Waals surface area (Å²) in [6, 6.07) is 13.8. The maximum atomic E-state index is 12.9. The highest BCUT2D eigenvalue weighted by Crippen LogP contribution is 2.32. The molecule has 0 bridgehead atoms. The summed E-state index contributed by atoms with van der Waals surface area (Å²) in [6.45, 7) is 21.1. The van der Waals surface area contributed by atoms with E-state index in [4.69, 9.17) is 23.7 Å². The maximum Gasteiger partial charge on any atom is 0.124 e. The SMILES string of the molecule is CC(C)OC1CCC(N2CC(Oc3ccc(F)cc3)C2)CC1.CCC(C)OC1CCCCC1N1CC(Oc2ccc(F)cc2)C1.CCCC(CCC)OC(C)C. The van der Waals surface area contributed by atoms with Gasteiger partial charge in [-0.3, -0.25) is 9.80 Å². The molecule has 0 radical (unpaired) electrons. The van der Waals surface area contributed by atoms with E-state index in [2.05, 4.69) is 65.2 Å². The summed E-state index contributed by atoms with van der Waals surface area (Å²) in [4.78, 5) is 5.01. The molecule has 7 nitrogen and oxygen atoms in total. The van der Waals surface area contributed by atoms with Gasteiger partial charge < -0.3 is 23.7 Å². The van der Waals surface area contributed by atoms with E-state index in [0.717, 1.165) is 44.1 Å². The van der Waals surface area contributed by atoms with Gasteiger partial charge in [-0.15, -0.1) is 0 Å². The third-order valence-corrected chi connectivity index (χ3v) is 11.4. The van der Waals surface area contributed by atoms with Crippen LogP contribution in [0.4, 0.5) is 8.78 Å². The Hall–Kier alpha value is -2.30. The highest BCUT2D eigenvalue weighted by molar-refractivity contribution is 5.23. The second kappa shape index (κ2) is 24.6. The van der Waals surface area contributed by atoms with Gasteiger partial charge in [-0.05, 0) is 141 Å². The molecule has 2 saturated carbocycles. The molecule has 2 aliphatic heterocycles. The van der Waals surface area contributed by atoms with Crippen LogP contribution >= 0.6 is 0 Å². The van der Waals surface area contributed by atoms with Crippen LogP contribution in [0.15, 0.2) is 48.5 Å². The van der Waals surface area contributed by atoms with Crippen LogP contribution in [0.3, 0.4) is 0 Å². The second-order valence-electron chi connectivity index (χ2n) is 17.0. The molecule has 0 N–H and O–H groups in total. The van der Waals surface area contributed by atoms with Crippen LogP contribution in [-0.4, -0.2) is 96.9 Å². The summed E-state index contributed by atoms with van der Waals surface area (Å²) in [5, 5.41) is 0. The summed E-state index contributed by atoms with van der Waals surface area (Å²) in [5.41, 5.74) is 0. The van der Waals surface area contributed by atoms with Crippen molar-refractivity contribution in [2.24, 2.45) is 0 Å². The van der Waals surface area contributed by atoms with Crippen molar-refractivity contribution < 1.29 is 32.5 Å². The zero-order valence-electron chi connectivity index (χ0n) is 36.1. The number of likely N-dealkylation sites (tertiary alicyclic amines) is 2. The summed E-state index contributed by atoms with van der Waals surface area (Å²) in [5.74, 6) is 1.08. The lowest BCUT2D eigenvalue weighted by molar-refractivity contribution is -0.106. The fraction of sp³-hybridized carbons (Fsp3) is 0.745. The lowest BCUT2D eigenvalue weighted by atomic mass is 9.89. The van der Waals surface area contributed by atoms with E-state index >= 15 is 0 Å². The number of benzene rings is 2. The van der Waals surface area contributed by atoms with Crippen LogP contribution in [0.2, 0.25) is 0 Å². The van der Waals surface area contributed by atoms with Gasteiger partial charge in [0.25, 0.3) is 0 Å². The molecule has 4 aliphatic rings. The number of ether oxygens (including phenoxy) is 5. The van der Waals surface area contributed by atoms with E-state index in [1.165, 1.54) is 101 Å². The van der Waals surface area contributed by atoms with Gasteiger partial charge in [0, 0.05) is 38.3 Å². The molecule has 9 heteroatoms. The Morgan fingerprint density at radius 1 is 0.589 bits per heavy atom. The number of hydrogen-bond acceptors (Lipinski definition) is 7. The first-order chi connectivity index (χ1) is 27.0. The second-order valence-corrected chi connectivity index (χ2v) is 17.0. The fourth-order valence-electron chi connectivity index (χ4n) is 8.36. The monoisotopic (exact) mass is 787 g/mol. The van der Waals surface area contributed by atoms with Crippen molar-refractivity contribution in [3.63, 3.8) is 0 Å². The molecular weight excluding hydrogens is 711 g/mol. The molecule has 2 heterocycles. The van der Waals surface area contributed by atoms with E-state index in [1.54, 1.807) is 24.3 Å². The van der Waals surface area contributed by atoms with Crippen molar-refractivity contribution in [2.45, 2.75) is 200 Å². The van der Waals surface area contributed by atoms with Crippen molar-refractivity contribution >= 4 is 0 Å². The van der Waals surface area contributed by atoms with E-state index in [9.17, 15) is 8.78 Å². The van der Waals surface area contributed by atoms with Crippen molar-refractivity contribution in [2.75, 3.05) is 26.2 Å². The Balaban J connectivity index is 0.000000199. The molecule has 2 aromatic rings.